The topological polar surface area (TPSA) is 64.9 Å². The number of hydrogen-bond donors (Lipinski definition) is 2. The lowest BCUT2D eigenvalue weighted by atomic mass is 9.58. The van der Waals surface area contributed by atoms with E-state index in [2.05, 4.69) is 5.73 Å². The highest BCUT2D eigenvalue weighted by Gasteiger charge is 2.46. The third kappa shape index (κ3) is 3.85. The molecule has 112 valence electrons. The fourth-order valence-corrected chi connectivity index (χ4v) is 4.52. The molecule has 0 unspecified atom stereocenters. The van der Waals surface area contributed by atoms with Crippen molar-refractivity contribution in [1.29, 1.82) is 0 Å². The first-order chi connectivity index (χ1) is 8.68. The van der Waals surface area contributed by atoms with Crippen molar-refractivity contribution in [3.63, 3.8) is 0 Å². The molecule has 2 aliphatic carbocycles. The highest BCUT2D eigenvalue weighted by molar-refractivity contribution is 5.67. The monoisotopic (exact) mass is 289 g/mol. The summed E-state index contributed by atoms with van der Waals surface area (Å²) in [6, 6.07) is 0. The fourth-order valence-electron chi connectivity index (χ4n) is 4.52. The van der Waals surface area contributed by atoms with Crippen molar-refractivity contribution in [3.8, 4) is 0 Å². The van der Waals surface area contributed by atoms with Crippen LogP contribution in [0.3, 0.4) is 0 Å². The van der Waals surface area contributed by atoms with Gasteiger partial charge >= 0.3 is 5.97 Å². The molecule has 2 atom stereocenters. The van der Waals surface area contributed by atoms with Gasteiger partial charge in [0.15, 0.2) is 0 Å². The Labute approximate surface area is 122 Å². The summed E-state index contributed by atoms with van der Waals surface area (Å²) in [5.74, 6) is 0.779. The Kier molecular flexibility index (Phi) is 6.61. The van der Waals surface area contributed by atoms with Crippen LogP contribution in [0, 0.1) is 17.3 Å². The fraction of sp³-hybridized carbons (Fsp3) is 0.933. The van der Waals surface area contributed by atoms with Gasteiger partial charge in [-0.15, -0.1) is 0 Å². The zero-order valence-electron chi connectivity index (χ0n) is 11.9. The van der Waals surface area contributed by atoms with Gasteiger partial charge in [0.25, 0.3) is 0 Å². The number of hydrogen-bond acceptors (Lipinski definition) is 1. The lowest BCUT2D eigenvalue weighted by Gasteiger charge is -2.46. The number of carboxylic acid groups (broad SMARTS) is 1. The molecule has 3 nitrogen and oxygen atoms in total. The second kappa shape index (κ2) is 7.49. The van der Waals surface area contributed by atoms with Gasteiger partial charge in [-0.25, -0.2) is 0 Å². The lowest BCUT2D eigenvalue weighted by molar-refractivity contribution is -0.401. The van der Waals surface area contributed by atoms with Crippen molar-refractivity contribution < 1.29 is 28.0 Å². The van der Waals surface area contributed by atoms with Crippen LogP contribution in [0.5, 0.6) is 0 Å². The van der Waals surface area contributed by atoms with Gasteiger partial charge in [-0.2, -0.15) is 0 Å². The minimum atomic E-state index is -0.624. The molecule has 0 saturated heterocycles. The molecular weight excluding hydrogens is 262 g/mol. The largest absolute Gasteiger partial charge is 1.00 e. The zero-order valence-corrected chi connectivity index (χ0v) is 12.6. The normalized spacial score (nSPS) is 32.6. The third-order valence-corrected chi connectivity index (χ3v) is 5.45. The van der Waals surface area contributed by atoms with E-state index in [1.54, 1.807) is 0 Å². The molecule has 2 aliphatic rings. The van der Waals surface area contributed by atoms with Gasteiger partial charge in [0, 0.05) is 5.41 Å². The minimum Gasteiger partial charge on any atom is -1.00 e. The molecule has 0 heterocycles. The smallest absolute Gasteiger partial charge is 0.304 e. The van der Waals surface area contributed by atoms with Crippen LogP contribution in [-0.2, 0) is 4.79 Å². The van der Waals surface area contributed by atoms with E-state index >= 15 is 0 Å². The Morgan fingerprint density at radius 3 is 2.32 bits per heavy atom. The predicted molar refractivity (Wildman–Crippen MR) is 71.0 cm³/mol. The van der Waals surface area contributed by atoms with E-state index in [-0.39, 0.29) is 17.8 Å². The number of halogens is 1. The van der Waals surface area contributed by atoms with Crippen LogP contribution in [0.25, 0.3) is 0 Å². The summed E-state index contributed by atoms with van der Waals surface area (Å²) in [5.41, 5.74) is 4.12. The van der Waals surface area contributed by atoms with Gasteiger partial charge in [0.05, 0.1) is 13.0 Å². The van der Waals surface area contributed by atoms with Crippen molar-refractivity contribution in [2.24, 2.45) is 17.3 Å². The van der Waals surface area contributed by atoms with Crippen LogP contribution in [0.4, 0.5) is 0 Å². The van der Waals surface area contributed by atoms with Crippen molar-refractivity contribution in [1.82, 2.24) is 0 Å². The van der Waals surface area contributed by atoms with E-state index in [1.165, 1.54) is 51.4 Å². The summed E-state index contributed by atoms with van der Waals surface area (Å²) in [6.07, 6.45) is 11.9. The molecule has 2 saturated carbocycles. The Bertz CT molecular complexity index is 292. The number of carbonyl (C=O) groups is 1. The molecule has 2 fully saturated rings. The maximum Gasteiger partial charge on any atom is 0.304 e. The molecule has 0 amide bonds. The molecule has 0 aromatic carbocycles. The first-order valence-corrected chi connectivity index (χ1v) is 7.69. The molecule has 19 heavy (non-hydrogen) atoms. The average molecular weight is 290 g/mol. The maximum atomic E-state index is 11.2. The predicted octanol–water partition coefficient (Wildman–Crippen LogP) is -0.536. The van der Waals surface area contributed by atoms with Crippen LogP contribution < -0.4 is 18.1 Å². The van der Waals surface area contributed by atoms with E-state index < -0.39 is 5.97 Å². The summed E-state index contributed by atoms with van der Waals surface area (Å²) in [7, 11) is 0. The molecular formula is C15H28ClNO2. The highest BCUT2D eigenvalue weighted by Crippen LogP contribution is 2.50. The third-order valence-electron chi connectivity index (χ3n) is 5.45. The second-order valence-electron chi connectivity index (χ2n) is 6.43. The summed E-state index contributed by atoms with van der Waals surface area (Å²) in [6.45, 7) is 0.806. The van der Waals surface area contributed by atoms with Crippen LogP contribution in [0.2, 0.25) is 0 Å². The van der Waals surface area contributed by atoms with Gasteiger partial charge in [0.1, 0.15) is 0 Å². The van der Waals surface area contributed by atoms with E-state index in [9.17, 15) is 9.90 Å². The molecule has 0 aliphatic heterocycles. The molecule has 4 N–H and O–H groups in total. The summed E-state index contributed by atoms with van der Waals surface area (Å²) in [5, 5.41) is 9.25. The number of aliphatic carboxylic acids is 1. The Morgan fingerprint density at radius 2 is 1.74 bits per heavy atom. The van der Waals surface area contributed by atoms with Crippen molar-refractivity contribution >= 4 is 5.97 Å². The van der Waals surface area contributed by atoms with E-state index in [4.69, 9.17) is 0 Å². The van der Waals surface area contributed by atoms with E-state index in [0.717, 1.165) is 18.9 Å². The molecule has 0 spiro atoms. The Morgan fingerprint density at radius 1 is 1.11 bits per heavy atom. The van der Waals surface area contributed by atoms with Crippen molar-refractivity contribution in [2.45, 2.75) is 64.2 Å². The Hall–Kier alpha value is -0.280. The van der Waals surface area contributed by atoms with Crippen LogP contribution in [0.15, 0.2) is 0 Å². The molecule has 0 bridgehead atoms. The number of carboxylic acids is 1. The SMILES string of the molecule is [Cl-].[NH3+]C[C@@]1(CC(=O)O)CCCC[C@@H]1C1CCCCC1. The van der Waals surface area contributed by atoms with Crippen molar-refractivity contribution in [3.05, 3.63) is 0 Å². The van der Waals surface area contributed by atoms with Gasteiger partial charge in [-0.05, 0) is 24.7 Å². The second-order valence-corrected chi connectivity index (χ2v) is 6.43. The minimum absolute atomic E-state index is 0. The Balaban J connectivity index is 0.00000180. The van der Waals surface area contributed by atoms with Crippen LogP contribution in [0.1, 0.15) is 64.2 Å². The summed E-state index contributed by atoms with van der Waals surface area (Å²) >= 11 is 0. The average Bonchev–Trinajstić information content (AvgIpc) is 2.39. The highest BCUT2D eigenvalue weighted by atomic mass is 35.5. The van der Waals surface area contributed by atoms with Gasteiger partial charge < -0.3 is 23.2 Å². The summed E-state index contributed by atoms with van der Waals surface area (Å²) in [4.78, 5) is 11.2. The van der Waals surface area contributed by atoms with E-state index in [1.807, 2.05) is 0 Å². The maximum absolute atomic E-state index is 11.2. The standard InChI is InChI=1S/C15H27NO2.ClH/c16-11-15(10-14(17)18)9-5-4-8-13(15)12-6-2-1-3-7-12;/h12-13H,1-11,16H2,(H,17,18);1H/t13-,15+;/m1./s1. The quantitative estimate of drug-likeness (QED) is 0.730. The number of rotatable bonds is 4. The van der Waals surface area contributed by atoms with E-state index in [0.29, 0.717) is 12.3 Å². The molecule has 0 aromatic heterocycles. The van der Waals surface area contributed by atoms with Crippen molar-refractivity contribution in [2.75, 3.05) is 6.54 Å². The first-order valence-electron chi connectivity index (χ1n) is 7.69. The zero-order chi connectivity index (χ0) is 13.0. The van der Waals surface area contributed by atoms with Gasteiger partial charge in [-0.3, -0.25) is 4.79 Å². The lowest BCUT2D eigenvalue weighted by Crippen LogP contribution is -3.00. The molecule has 2 rings (SSSR count). The molecule has 0 aromatic rings. The summed E-state index contributed by atoms with van der Waals surface area (Å²) < 4.78 is 0. The van der Waals surface area contributed by atoms with Crippen LogP contribution >= 0.6 is 0 Å². The molecule has 4 heteroatoms. The van der Waals surface area contributed by atoms with Gasteiger partial charge in [-0.1, -0.05) is 44.9 Å². The van der Waals surface area contributed by atoms with Gasteiger partial charge in [0.2, 0.25) is 0 Å². The molecule has 0 radical (unpaired) electrons. The number of quaternary nitrogens is 1. The van der Waals surface area contributed by atoms with Crippen LogP contribution in [-0.4, -0.2) is 17.6 Å². The first kappa shape index (κ1) is 16.8.